The Morgan fingerprint density at radius 3 is 3.00 bits per heavy atom. The fourth-order valence-electron chi connectivity index (χ4n) is 2.36. The zero-order chi connectivity index (χ0) is 14.7. The van der Waals surface area contributed by atoms with Crippen molar-refractivity contribution >= 4 is 22.5 Å². The number of amides is 1. The van der Waals surface area contributed by atoms with Crippen LogP contribution in [0.4, 0.5) is 5.69 Å². The minimum absolute atomic E-state index is 0.172. The molecule has 1 aromatic carbocycles. The summed E-state index contributed by atoms with van der Waals surface area (Å²) in [6.45, 7) is 0.558. The molecule has 5 nitrogen and oxygen atoms in total. The molecule has 0 saturated heterocycles. The maximum Gasteiger partial charge on any atom is 0.253 e. The first-order valence-corrected chi connectivity index (χ1v) is 6.78. The molecule has 0 aliphatic carbocycles. The van der Waals surface area contributed by atoms with Gasteiger partial charge in [0.05, 0.1) is 17.4 Å². The van der Waals surface area contributed by atoms with Gasteiger partial charge >= 0.3 is 0 Å². The molecule has 21 heavy (non-hydrogen) atoms. The highest BCUT2D eigenvalue weighted by atomic mass is 16.1. The molecule has 3 aromatic rings. The number of pyridine rings is 1. The molecular weight excluding hydrogens is 264 g/mol. The number of nitrogen functional groups attached to an aromatic ring is 1. The number of fused-ring (bicyclic) bond motifs is 1. The summed E-state index contributed by atoms with van der Waals surface area (Å²) in [5.74, 6) is -0.172. The van der Waals surface area contributed by atoms with E-state index in [0.717, 1.165) is 11.9 Å². The van der Waals surface area contributed by atoms with Crippen molar-refractivity contribution in [3.05, 3.63) is 60.0 Å². The number of aromatic amines is 1. The molecule has 0 aliphatic rings. The van der Waals surface area contributed by atoms with Gasteiger partial charge in [0.2, 0.25) is 0 Å². The molecule has 0 fully saturated rings. The predicted octanol–water partition coefficient (Wildman–Crippen LogP) is 2.12. The Kier molecular flexibility index (Phi) is 3.55. The lowest BCUT2D eigenvalue weighted by Gasteiger charge is -2.06. The van der Waals surface area contributed by atoms with E-state index >= 15 is 0 Å². The summed E-state index contributed by atoms with van der Waals surface area (Å²) in [6.07, 6.45) is 5.79. The zero-order valence-corrected chi connectivity index (χ0v) is 11.5. The first kappa shape index (κ1) is 13.2. The van der Waals surface area contributed by atoms with Gasteiger partial charge in [-0.15, -0.1) is 0 Å². The third-order valence-electron chi connectivity index (χ3n) is 3.45. The van der Waals surface area contributed by atoms with Gasteiger partial charge in [-0.2, -0.15) is 0 Å². The van der Waals surface area contributed by atoms with Crippen LogP contribution in [-0.2, 0) is 6.42 Å². The van der Waals surface area contributed by atoms with Crippen molar-refractivity contribution in [2.75, 3.05) is 12.3 Å². The van der Waals surface area contributed by atoms with E-state index in [1.807, 2.05) is 24.4 Å². The van der Waals surface area contributed by atoms with Crippen LogP contribution in [0.25, 0.3) is 10.9 Å². The Bertz CT molecular complexity index is 779. The lowest BCUT2D eigenvalue weighted by molar-refractivity contribution is 0.0955. The zero-order valence-electron chi connectivity index (χ0n) is 11.5. The summed E-state index contributed by atoms with van der Waals surface area (Å²) in [6, 6.07) is 9.74. The number of anilines is 1. The highest BCUT2D eigenvalue weighted by Gasteiger charge is 2.09. The van der Waals surface area contributed by atoms with Crippen molar-refractivity contribution in [1.82, 2.24) is 15.3 Å². The summed E-state index contributed by atoms with van der Waals surface area (Å²) in [7, 11) is 0. The predicted molar refractivity (Wildman–Crippen MR) is 83.0 cm³/mol. The van der Waals surface area contributed by atoms with Crippen LogP contribution in [0.5, 0.6) is 0 Å². The number of H-pyrrole nitrogens is 1. The molecule has 0 bridgehead atoms. The summed E-state index contributed by atoms with van der Waals surface area (Å²) in [5.41, 5.74) is 8.88. The number of nitrogens with two attached hydrogens (primary N) is 1. The van der Waals surface area contributed by atoms with Crippen LogP contribution in [0.15, 0.2) is 48.9 Å². The first-order chi connectivity index (χ1) is 10.3. The lowest BCUT2D eigenvalue weighted by atomic mass is 10.1. The average Bonchev–Trinajstić information content (AvgIpc) is 2.91. The number of nitrogens with one attached hydrogen (secondary N) is 2. The van der Waals surface area contributed by atoms with Crippen molar-refractivity contribution in [3.63, 3.8) is 0 Å². The summed E-state index contributed by atoms with van der Waals surface area (Å²) in [5, 5.41) is 4.07. The van der Waals surface area contributed by atoms with Gasteiger partial charge in [0.25, 0.3) is 5.91 Å². The standard InChI is InChI=1S/C16H16N4O/c17-14-10-18-7-6-13(14)16(21)19-8-5-11-9-20-15-4-2-1-3-12(11)15/h1-4,6-7,9-10,20H,5,8,17H2,(H,19,21). The third-order valence-corrected chi connectivity index (χ3v) is 3.45. The number of para-hydroxylation sites is 1. The van der Waals surface area contributed by atoms with Crippen LogP contribution in [0.3, 0.4) is 0 Å². The number of carbonyl (C=O) groups excluding carboxylic acids is 1. The largest absolute Gasteiger partial charge is 0.397 e. The van der Waals surface area contributed by atoms with E-state index < -0.39 is 0 Å². The molecular formula is C16H16N4O. The van der Waals surface area contributed by atoms with Gasteiger partial charge in [-0.05, 0) is 24.1 Å². The second kappa shape index (κ2) is 5.66. The van der Waals surface area contributed by atoms with Gasteiger partial charge in [0.1, 0.15) is 0 Å². The maximum atomic E-state index is 12.0. The van der Waals surface area contributed by atoms with Gasteiger partial charge in [-0.25, -0.2) is 0 Å². The van der Waals surface area contributed by atoms with Crippen LogP contribution in [0, 0.1) is 0 Å². The molecule has 5 heteroatoms. The number of aromatic nitrogens is 2. The van der Waals surface area contributed by atoms with Crippen LogP contribution in [-0.4, -0.2) is 22.4 Å². The fourth-order valence-corrected chi connectivity index (χ4v) is 2.36. The quantitative estimate of drug-likeness (QED) is 0.684. The monoisotopic (exact) mass is 280 g/mol. The van der Waals surface area contributed by atoms with Gasteiger partial charge in [0.15, 0.2) is 0 Å². The molecule has 2 aromatic heterocycles. The second-order valence-electron chi connectivity index (χ2n) is 4.83. The normalized spacial score (nSPS) is 10.7. The number of hydrogen-bond acceptors (Lipinski definition) is 3. The smallest absolute Gasteiger partial charge is 0.253 e. The number of carbonyl (C=O) groups is 1. The minimum Gasteiger partial charge on any atom is -0.397 e. The van der Waals surface area contributed by atoms with Gasteiger partial charge < -0.3 is 16.0 Å². The number of nitrogens with zero attached hydrogens (tertiary/aromatic N) is 1. The Morgan fingerprint density at radius 2 is 2.14 bits per heavy atom. The lowest BCUT2D eigenvalue weighted by Crippen LogP contribution is -2.26. The van der Waals surface area contributed by atoms with E-state index in [0.29, 0.717) is 17.8 Å². The van der Waals surface area contributed by atoms with Gasteiger partial charge in [-0.1, -0.05) is 18.2 Å². The first-order valence-electron chi connectivity index (χ1n) is 6.78. The highest BCUT2D eigenvalue weighted by molar-refractivity contribution is 5.98. The molecule has 0 radical (unpaired) electrons. The molecule has 4 N–H and O–H groups in total. The average molecular weight is 280 g/mol. The van der Waals surface area contributed by atoms with Crippen LogP contribution >= 0.6 is 0 Å². The van der Waals surface area contributed by atoms with Gasteiger partial charge in [-0.3, -0.25) is 9.78 Å². The molecule has 2 heterocycles. The van der Waals surface area contributed by atoms with Crippen molar-refractivity contribution in [3.8, 4) is 0 Å². The van der Waals surface area contributed by atoms with E-state index in [2.05, 4.69) is 21.4 Å². The maximum absolute atomic E-state index is 12.0. The van der Waals surface area contributed by atoms with Crippen LogP contribution in [0.1, 0.15) is 15.9 Å². The Labute approximate surface area is 122 Å². The summed E-state index contributed by atoms with van der Waals surface area (Å²) in [4.78, 5) is 19.1. The van der Waals surface area contributed by atoms with Crippen molar-refractivity contribution < 1.29 is 4.79 Å². The number of rotatable bonds is 4. The third kappa shape index (κ3) is 2.72. The molecule has 0 unspecified atom stereocenters. The van der Waals surface area contributed by atoms with Crippen LogP contribution < -0.4 is 11.1 Å². The highest BCUT2D eigenvalue weighted by Crippen LogP contribution is 2.17. The SMILES string of the molecule is Nc1cnccc1C(=O)NCCc1c[nH]c2ccccc12. The number of benzene rings is 1. The van der Waals surface area contributed by atoms with E-state index in [1.54, 1.807) is 12.3 Å². The summed E-state index contributed by atoms with van der Waals surface area (Å²) >= 11 is 0. The van der Waals surface area contributed by atoms with E-state index in [9.17, 15) is 4.79 Å². The molecule has 0 aliphatic heterocycles. The van der Waals surface area contributed by atoms with Crippen molar-refractivity contribution in [2.45, 2.75) is 6.42 Å². The van der Waals surface area contributed by atoms with Crippen LogP contribution in [0.2, 0.25) is 0 Å². The topological polar surface area (TPSA) is 83.8 Å². The molecule has 0 spiro atoms. The Hall–Kier alpha value is -2.82. The van der Waals surface area contributed by atoms with Crippen molar-refractivity contribution in [1.29, 1.82) is 0 Å². The summed E-state index contributed by atoms with van der Waals surface area (Å²) < 4.78 is 0. The second-order valence-corrected chi connectivity index (χ2v) is 4.83. The molecule has 1 amide bonds. The Morgan fingerprint density at radius 1 is 1.29 bits per heavy atom. The molecule has 106 valence electrons. The van der Waals surface area contributed by atoms with Crippen molar-refractivity contribution in [2.24, 2.45) is 0 Å². The molecule has 3 rings (SSSR count). The van der Waals surface area contributed by atoms with E-state index in [-0.39, 0.29) is 5.91 Å². The van der Waals surface area contributed by atoms with E-state index in [1.165, 1.54) is 17.1 Å². The Balaban J connectivity index is 1.64. The fraction of sp³-hybridized carbons (Fsp3) is 0.125. The van der Waals surface area contributed by atoms with Gasteiger partial charge in [0, 0.05) is 29.8 Å². The minimum atomic E-state index is -0.172. The molecule has 0 saturated carbocycles. The number of hydrogen-bond donors (Lipinski definition) is 3. The molecule has 0 atom stereocenters. The van der Waals surface area contributed by atoms with E-state index in [4.69, 9.17) is 5.73 Å².